The van der Waals surface area contributed by atoms with Crippen LogP contribution in [0.4, 0.5) is 0 Å². The molecule has 0 saturated heterocycles. The van der Waals surface area contributed by atoms with E-state index in [0.29, 0.717) is 0 Å². The smallest absolute Gasteiger partial charge is 0.106 e. The van der Waals surface area contributed by atoms with Crippen molar-refractivity contribution < 1.29 is 4.84 Å². The fourth-order valence-electron chi connectivity index (χ4n) is 2.12. The van der Waals surface area contributed by atoms with Gasteiger partial charge >= 0.3 is 0 Å². The maximum absolute atomic E-state index is 4.72. The second kappa shape index (κ2) is 3.93. The van der Waals surface area contributed by atoms with Crippen LogP contribution >= 0.6 is 0 Å². The Morgan fingerprint density at radius 2 is 2.35 bits per heavy atom. The minimum atomic E-state index is 0.800. The zero-order valence-corrected chi connectivity index (χ0v) is 9.29. The largest absolute Gasteiger partial charge is 0.399 e. The Bertz CT molecular complexity index is 595. The standard InChI is InChI=1S/C12H10N4O/c1-17-14-6-9-4-2-3-8-5-11-10(12(8)9)7-13-16-15-11/h2-4,6-7H,5H2,1H3/b14-6+. The SMILES string of the molecule is CO/N=C/c1cccc2c1-c1cnnnc1C2. The summed E-state index contributed by atoms with van der Waals surface area (Å²) in [4.78, 5) is 4.72. The molecule has 0 unspecified atom stereocenters. The predicted molar refractivity (Wildman–Crippen MR) is 62.7 cm³/mol. The van der Waals surface area contributed by atoms with Gasteiger partial charge in [0, 0.05) is 17.5 Å². The summed E-state index contributed by atoms with van der Waals surface area (Å²) in [6.07, 6.45) is 4.25. The Morgan fingerprint density at radius 1 is 1.41 bits per heavy atom. The van der Waals surface area contributed by atoms with E-state index >= 15 is 0 Å². The van der Waals surface area contributed by atoms with Crippen molar-refractivity contribution in [2.24, 2.45) is 5.16 Å². The van der Waals surface area contributed by atoms with Crippen molar-refractivity contribution in [1.29, 1.82) is 0 Å². The highest BCUT2D eigenvalue weighted by molar-refractivity contribution is 5.93. The van der Waals surface area contributed by atoms with Crippen molar-refractivity contribution in [3.63, 3.8) is 0 Å². The van der Waals surface area contributed by atoms with E-state index in [9.17, 15) is 0 Å². The quantitative estimate of drug-likeness (QED) is 0.490. The van der Waals surface area contributed by atoms with E-state index in [4.69, 9.17) is 4.84 Å². The van der Waals surface area contributed by atoms with Crippen molar-refractivity contribution in [3.8, 4) is 11.1 Å². The number of rotatable bonds is 2. The minimum absolute atomic E-state index is 0.800. The van der Waals surface area contributed by atoms with E-state index in [2.05, 4.69) is 26.6 Å². The van der Waals surface area contributed by atoms with Gasteiger partial charge in [0.1, 0.15) is 7.11 Å². The van der Waals surface area contributed by atoms with Gasteiger partial charge in [-0.3, -0.25) is 0 Å². The van der Waals surface area contributed by atoms with Gasteiger partial charge in [0.2, 0.25) is 0 Å². The van der Waals surface area contributed by atoms with E-state index in [1.165, 1.54) is 12.7 Å². The van der Waals surface area contributed by atoms with Gasteiger partial charge in [0.15, 0.2) is 0 Å². The van der Waals surface area contributed by atoms with Crippen LogP contribution < -0.4 is 0 Å². The number of oxime groups is 1. The zero-order valence-electron chi connectivity index (χ0n) is 9.29. The third-order valence-corrected chi connectivity index (χ3v) is 2.82. The molecule has 17 heavy (non-hydrogen) atoms. The van der Waals surface area contributed by atoms with Crippen LogP contribution in [0.2, 0.25) is 0 Å². The first kappa shape index (κ1) is 9.89. The molecule has 2 aromatic rings. The summed E-state index contributed by atoms with van der Waals surface area (Å²) >= 11 is 0. The lowest BCUT2D eigenvalue weighted by atomic mass is 10.0. The number of nitrogens with zero attached hydrogens (tertiary/aromatic N) is 4. The molecule has 1 aliphatic carbocycles. The van der Waals surface area contributed by atoms with E-state index in [1.54, 1.807) is 12.4 Å². The number of hydrogen-bond donors (Lipinski definition) is 0. The molecule has 1 aromatic heterocycles. The van der Waals surface area contributed by atoms with Crippen molar-refractivity contribution in [2.45, 2.75) is 6.42 Å². The summed E-state index contributed by atoms with van der Waals surface area (Å²) in [7, 11) is 1.53. The lowest BCUT2D eigenvalue weighted by Crippen LogP contribution is -1.93. The molecule has 0 atom stereocenters. The lowest BCUT2D eigenvalue weighted by Gasteiger charge is -2.03. The highest BCUT2D eigenvalue weighted by Gasteiger charge is 2.22. The highest BCUT2D eigenvalue weighted by Crippen LogP contribution is 2.36. The Balaban J connectivity index is 2.19. The van der Waals surface area contributed by atoms with Crippen molar-refractivity contribution in [1.82, 2.24) is 15.4 Å². The molecular weight excluding hydrogens is 216 g/mol. The second-order valence-corrected chi connectivity index (χ2v) is 3.77. The molecular formula is C12H10N4O. The Hall–Kier alpha value is -2.30. The van der Waals surface area contributed by atoms with Gasteiger partial charge in [-0.1, -0.05) is 23.4 Å². The van der Waals surface area contributed by atoms with Crippen molar-refractivity contribution >= 4 is 6.21 Å². The molecule has 0 aliphatic heterocycles. The van der Waals surface area contributed by atoms with Crippen LogP contribution in [0.25, 0.3) is 11.1 Å². The molecule has 3 rings (SSSR count). The molecule has 1 aliphatic rings. The molecule has 0 spiro atoms. The summed E-state index contributed by atoms with van der Waals surface area (Å²) in [5.41, 5.74) is 5.37. The third kappa shape index (κ3) is 1.56. The average molecular weight is 226 g/mol. The monoisotopic (exact) mass is 226 g/mol. The predicted octanol–water partition coefficient (Wildman–Crippen LogP) is 1.42. The van der Waals surface area contributed by atoms with Crippen LogP contribution in [0.1, 0.15) is 16.8 Å². The average Bonchev–Trinajstić information content (AvgIpc) is 2.75. The molecule has 0 N–H and O–H groups in total. The molecule has 84 valence electrons. The molecule has 1 aromatic carbocycles. The molecule has 0 amide bonds. The van der Waals surface area contributed by atoms with E-state index in [0.717, 1.165) is 28.8 Å². The summed E-state index contributed by atoms with van der Waals surface area (Å²) in [5.74, 6) is 0. The van der Waals surface area contributed by atoms with Crippen molar-refractivity contribution in [3.05, 3.63) is 41.2 Å². The van der Waals surface area contributed by atoms with Crippen LogP contribution in [0.3, 0.4) is 0 Å². The Labute approximate surface area is 98.1 Å². The third-order valence-electron chi connectivity index (χ3n) is 2.82. The zero-order chi connectivity index (χ0) is 11.7. The molecule has 0 bridgehead atoms. The van der Waals surface area contributed by atoms with E-state index in [1.807, 2.05) is 12.1 Å². The summed E-state index contributed by atoms with van der Waals surface area (Å²) in [5, 5.41) is 15.4. The van der Waals surface area contributed by atoms with Crippen LogP contribution in [-0.4, -0.2) is 28.7 Å². The van der Waals surface area contributed by atoms with Gasteiger partial charge in [-0.25, -0.2) is 0 Å². The second-order valence-electron chi connectivity index (χ2n) is 3.77. The van der Waals surface area contributed by atoms with Gasteiger partial charge in [-0.05, 0) is 16.3 Å². The lowest BCUT2D eigenvalue weighted by molar-refractivity contribution is 0.215. The van der Waals surface area contributed by atoms with Crippen LogP contribution in [-0.2, 0) is 11.3 Å². The molecule has 0 saturated carbocycles. The first-order valence-electron chi connectivity index (χ1n) is 5.26. The van der Waals surface area contributed by atoms with Crippen LogP contribution in [0.15, 0.2) is 29.6 Å². The summed E-state index contributed by atoms with van der Waals surface area (Å²) in [6, 6.07) is 6.08. The Morgan fingerprint density at radius 3 is 3.24 bits per heavy atom. The summed E-state index contributed by atoms with van der Waals surface area (Å²) in [6.45, 7) is 0. The molecule has 1 heterocycles. The molecule has 5 heteroatoms. The van der Waals surface area contributed by atoms with Gasteiger partial charge < -0.3 is 4.84 Å². The normalized spacial score (nSPS) is 12.5. The minimum Gasteiger partial charge on any atom is -0.399 e. The maximum atomic E-state index is 4.72. The van der Waals surface area contributed by atoms with Crippen LogP contribution in [0, 0.1) is 0 Å². The van der Waals surface area contributed by atoms with Gasteiger partial charge in [0.25, 0.3) is 0 Å². The van der Waals surface area contributed by atoms with Gasteiger partial charge in [-0.2, -0.15) is 0 Å². The number of aromatic nitrogens is 3. The molecule has 0 fully saturated rings. The van der Waals surface area contributed by atoms with E-state index < -0.39 is 0 Å². The van der Waals surface area contributed by atoms with Crippen LogP contribution in [0.5, 0.6) is 0 Å². The van der Waals surface area contributed by atoms with E-state index in [-0.39, 0.29) is 0 Å². The number of fused-ring (bicyclic) bond motifs is 3. The molecule has 0 radical (unpaired) electrons. The number of hydrogen-bond acceptors (Lipinski definition) is 5. The van der Waals surface area contributed by atoms with Gasteiger partial charge in [-0.15, -0.1) is 10.2 Å². The molecule has 5 nitrogen and oxygen atoms in total. The van der Waals surface area contributed by atoms with Gasteiger partial charge in [0.05, 0.1) is 18.1 Å². The maximum Gasteiger partial charge on any atom is 0.106 e. The fraction of sp³-hybridized carbons (Fsp3) is 0.167. The summed E-state index contributed by atoms with van der Waals surface area (Å²) < 4.78 is 0. The fourth-order valence-corrected chi connectivity index (χ4v) is 2.12. The Kier molecular flexibility index (Phi) is 2.29. The van der Waals surface area contributed by atoms with Crippen molar-refractivity contribution in [2.75, 3.05) is 7.11 Å². The topological polar surface area (TPSA) is 60.3 Å². The first-order valence-corrected chi connectivity index (χ1v) is 5.26. The first-order chi connectivity index (χ1) is 8.40. The highest BCUT2D eigenvalue weighted by atomic mass is 16.6. The number of benzene rings is 1.